The molecule has 0 bridgehead atoms. The van der Waals surface area contributed by atoms with Crippen LogP contribution in [0.3, 0.4) is 0 Å². The van der Waals surface area contributed by atoms with Gasteiger partial charge in [0.1, 0.15) is 9.77 Å². The third kappa shape index (κ3) is 6.03. The van der Waals surface area contributed by atoms with Gasteiger partial charge >= 0.3 is 5.97 Å². The van der Waals surface area contributed by atoms with Crippen LogP contribution < -0.4 is 9.64 Å². The van der Waals surface area contributed by atoms with Crippen molar-refractivity contribution in [1.82, 2.24) is 9.29 Å². The van der Waals surface area contributed by atoms with E-state index in [1.54, 1.807) is 6.07 Å². The highest BCUT2D eigenvalue weighted by atomic mass is 32.2. The Morgan fingerprint density at radius 2 is 1.92 bits per heavy atom. The van der Waals surface area contributed by atoms with E-state index in [-0.39, 0.29) is 33.5 Å². The minimum atomic E-state index is -4.01. The fraction of sp³-hybridized carbons (Fsp3) is 0.519. The summed E-state index contributed by atoms with van der Waals surface area (Å²) in [5.41, 5.74) is 0.0223. The van der Waals surface area contributed by atoms with Crippen molar-refractivity contribution in [3.63, 3.8) is 0 Å². The molecule has 1 saturated carbocycles. The van der Waals surface area contributed by atoms with Gasteiger partial charge in [-0.3, -0.25) is 4.79 Å². The van der Waals surface area contributed by atoms with Crippen molar-refractivity contribution >= 4 is 38.9 Å². The number of pyridine rings is 1. The topological polar surface area (TPSA) is 117 Å². The number of nitrogens with zero attached hydrogens (tertiary/aromatic N) is 3. The Morgan fingerprint density at radius 1 is 1.21 bits per heavy atom. The standard InChI is InChI=1S/C27H33N3O6S2/c1-27(2,3)13-12-19-14-21(25(37-19)26(32)33)30-22(18-8-6-5-7-9-18)16-29(17-24(30)31)38(34,35)20-10-11-23(36-4)28-15-20/h10-11,14-15,18,22H,5-9,16-17H2,1-4H3,(H,32,33). The normalized spacial score (nSPS) is 19.6. The molecule has 3 heterocycles. The van der Waals surface area contributed by atoms with Gasteiger partial charge in [0.25, 0.3) is 0 Å². The number of aromatic nitrogens is 1. The van der Waals surface area contributed by atoms with Crippen LogP contribution in [0.5, 0.6) is 5.88 Å². The lowest BCUT2D eigenvalue weighted by Gasteiger charge is -2.44. The van der Waals surface area contributed by atoms with Crippen molar-refractivity contribution in [3.05, 3.63) is 34.2 Å². The van der Waals surface area contributed by atoms with E-state index in [0.29, 0.717) is 10.6 Å². The second kappa shape index (κ2) is 11.0. The molecule has 0 spiro atoms. The molecule has 0 radical (unpaired) electrons. The smallest absolute Gasteiger partial charge is 0.348 e. The lowest BCUT2D eigenvalue weighted by atomic mass is 9.82. The number of ether oxygens (including phenoxy) is 1. The maximum atomic E-state index is 13.7. The largest absolute Gasteiger partial charge is 0.481 e. The van der Waals surface area contributed by atoms with Crippen LogP contribution >= 0.6 is 11.3 Å². The van der Waals surface area contributed by atoms with Crippen LogP contribution in [-0.2, 0) is 14.8 Å². The summed E-state index contributed by atoms with van der Waals surface area (Å²) in [5, 5.41) is 9.99. The van der Waals surface area contributed by atoms with Crippen molar-refractivity contribution in [2.45, 2.75) is 63.8 Å². The number of carboxylic acids is 1. The van der Waals surface area contributed by atoms with Crippen molar-refractivity contribution < 1.29 is 27.9 Å². The molecular formula is C27H33N3O6S2. The molecule has 1 atom stereocenters. The second-order valence-corrected chi connectivity index (χ2v) is 13.7. The highest BCUT2D eigenvalue weighted by Gasteiger charge is 2.44. The number of rotatable bonds is 6. The number of thiophene rings is 1. The first-order valence-corrected chi connectivity index (χ1v) is 14.9. The maximum absolute atomic E-state index is 13.7. The Bertz CT molecular complexity index is 1360. The first-order chi connectivity index (χ1) is 17.9. The Kier molecular flexibility index (Phi) is 8.16. The number of sulfonamides is 1. The van der Waals surface area contributed by atoms with E-state index >= 15 is 0 Å². The maximum Gasteiger partial charge on any atom is 0.348 e. The number of anilines is 1. The molecule has 2 aromatic rings. The molecule has 1 aliphatic heterocycles. The molecule has 11 heteroatoms. The van der Waals surface area contributed by atoms with Gasteiger partial charge in [-0.1, -0.05) is 31.1 Å². The fourth-order valence-corrected chi connectivity index (χ4v) is 7.15. The quantitative estimate of drug-likeness (QED) is 0.526. The summed E-state index contributed by atoms with van der Waals surface area (Å²) in [6.45, 7) is 5.58. The second-order valence-electron chi connectivity index (χ2n) is 10.7. The number of methoxy groups -OCH3 is 1. The lowest BCUT2D eigenvalue weighted by Crippen LogP contribution is -2.60. The monoisotopic (exact) mass is 559 g/mol. The number of hydrogen-bond donors (Lipinski definition) is 1. The van der Waals surface area contributed by atoms with Crippen LogP contribution in [0.1, 0.15) is 67.4 Å². The average molecular weight is 560 g/mol. The molecule has 1 saturated heterocycles. The zero-order valence-corrected chi connectivity index (χ0v) is 23.7. The van der Waals surface area contributed by atoms with Crippen LogP contribution in [0, 0.1) is 23.2 Å². The number of amides is 1. The molecule has 2 aromatic heterocycles. The summed E-state index contributed by atoms with van der Waals surface area (Å²) in [6, 6.07) is 4.05. The zero-order valence-electron chi connectivity index (χ0n) is 22.1. The van der Waals surface area contributed by atoms with Crippen LogP contribution in [0.25, 0.3) is 0 Å². The van der Waals surface area contributed by atoms with Gasteiger partial charge in [0.05, 0.1) is 36.5 Å². The van der Waals surface area contributed by atoms with Gasteiger partial charge in [-0.25, -0.2) is 18.2 Å². The Morgan fingerprint density at radius 3 is 2.50 bits per heavy atom. The number of carboxylic acid groups (broad SMARTS) is 1. The van der Waals surface area contributed by atoms with Crippen molar-refractivity contribution in [1.29, 1.82) is 0 Å². The molecule has 9 nitrogen and oxygen atoms in total. The predicted molar refractivity (Wildman–Crippen MR) is 145 cm³/mol. The van der Waals surface area contributed by atoms with E-state index in [1.807, 2.05) is 20.8 Å². The summed E-state index contributed by atoms with van der Waals surface area (Å²) in [5.74, 6) is 4.92. The van der Waals surface area contributed by atoms with Crippen molar-refractivity contribution in [2.24, 2.45) is 11.3 Å². The minimum Gasteiger partial charge on any atom is -0.481 e. The van der Waals surface area contributed by atoms with Crippen molar-refractivity contribution in [3.8, 4) is 17.7 Å². The molecule has 4 rings (SSSR count). The molecule has 2 aliphatic rings. The fourth-order valence-electron chi connectivity index (χ4n) is 4.96. The Balaban J connectivity index is 1.74. The molecule has 204 valence electrons. The highest BCUT2D eigenvalue weighted by Crippen LogP contribution is 2.39. The molecular weight excluding hydrogens is 526 g/mol. The molecule has 1 amide bonds. The van der Waals surface area contributed by atoms with E-state index in [2.05, 4.69) is 16.8 Å². The lowest BCUT2D eigenvalue weighted by molar-refractivity contribution is -0.121. The van der Waals surface area contributed by atoms with Gasteiger partial charge in [-0.2, -0.15) is 4.31 Å². The molecule has 1 N–H and O–H groups in total. The van der Waals surface area contributed by atoms with Gasteiger partial charge in [-0.05, 0) is 51.7 Å². The van der Waals surface area contributed by atoms with E-state index in [4.69, 9.17) is 4.74 Å². The predicted octanol–water partition coefficient (Wildman–Crippen LogP) is 4.23. The highest BCUT2D eigenvalue weighted by molar-refractivity contribution is 7.89. The summed E-state index contributed by atoms with van der Waals surface area (Å²) in [7, 11) is -2.57. The molecule has 1 aliphatic carbocycles. The van der Waals surface area contributed by atoms with Gasteiger partial charge in [-0.15, -0.1) is 11.3 Å². The van der Waals surface area contributed by atoms with Gasteiger partial charge in [0.15, 0.2) is 0 Å². The number of carbonyl (C=O) groups excluding carboxylic acids is 1. The van der Waals surface area contributed by atoms with E-state index < -0.39 is 34.5 Å². The first-order valence-electron chi connectivity index (χ1n) is 12.6. The zero-order chi connectivity index (χ0) is 27.7. The van der Waals surface area contributed by atoms with Crippen LogP contribution in [0.4, 0.5) is 5.69 Å². The summed E-state index contributed by atoms with van der Waals surface area (Å²) in [6.07, 6.45) is 5.96. The molecule has 38 heavy (non-hydrogen) atoms. The molecule has 0 aromatic carbocycles. The SMILES string of the molecule is COc1ccc(S(=O)(=O)N2CC(=O)N(c3cc(C#CC(C)(C)C)sc3C(=O)O)C(C3CCCCC3)C2)cn1. The van der Waals surface area contributed by atoms with E-state index in [9.17, 15) is 23.1 Å². The Hall–Kier alpha value is -2.94. The third-order valence-corrected chi connectivity index (χ3v) is 9.60. The molecule has 2 fully saturated rings. The van der Waals surface area contributed by atoms with Crippen LogP contribution in [0.2, 0.25) is 0 Å². The summed E-state index contributed by atoms with van der Waals surface area (Å²) in [4.78, 5) is 32.1. The number of piperazine rings is 1. The van der Waals surface area contributed by atoms with Gasteiger partial charge < -0.3 is 14.7 Å². The molecule has 1 unspecified atom stereocenters. The Labute approximate surface area is 227 Å². The summed E-state index contributed by atoms with van der Waals surface area (Å²) >= 11 is 1.04. The van der Waals surface area contributed by atoms with Crippen LogP contribution in [-0.4, -0.2) is 60.9 Å². The number of aromatic carboxylic acids is 1. The van der Waals surface area contributed by atoms with E-state index in [0.717, 1.165) is 43.4 Å². The number of carbonyl (C=O) groups is 2. The minimum absolute atomic E-state index is 0.0246. The average Bonchev–Trinajstić information content (AvgIpc) is 3.31. The van der Waals surface area contributed by atoms with Gasteiger partial charge in [0, 0.05) is 18.0 Å². The first kappa shape index (κ1) is 28.1. The summed E-state index contributed by atoms with van der Waals surface area (Å²) < 4.78 is 33.3. The van der Waals surface area contributed by atoms with Crippen molar-refractivity contribution in [2.75, 3.05) is 25.1 Å². The van der Waals surface area contributed by atoms with Crippen LogP contribution in [0.15, 0.2) is 29.3 Å². The van der Waals surface area contributed by atoms with E-state index in [1.165, 1.54) is 34.6 Å². The third-order valence-electron chi connectivity index (χ3n) is 6.78. The number of hydrogen-bond acceptors (Lipinski definition) is 7. The van der Waals surface area contributed by atoms with Gasteiger partial charge in [0.2, 0.25) is 21.8 Å².